The molecule has 0 amide bonds. The molecule has 2 aliphatic carbocycles. The van der Waals surface area contributed by atoms with E-state index in [1.807, 2.05) is 0 Å². The summed E-state index contributed by atoms with van der Waals surface area (Å²) in [6.45, 7) is 4.63. The Morgan fingerprint density at radius 2 is 1.31 bits per heavy atom. The summed E-state index contributed by atoms with van der Waals surface area (Å²) in [7, 11) is 0. The molecule has 1 aromatic rings. The highest BCUT2D eigenvalue weighted by atomic mass is 14.4. The van der Waals surface area contributed by atoms with Crippen molar-refractivity contribution >= 4 is 5.57 Å². The lowest BCUT2D eigenvalue weighted by molar-refractivity contribution is 0.300. The van der Waals surface area contributed by atoms with Crippen molar-refractivity contribution in [2.45, 2.75) is 117 Å². The van der Waals surface area contributed by atoms with E-state index in [1.165, 1.54) is 96.3 Å². The molecule has 0 N–H and O–H groups in total. The molecule has 0 spiro atoms. The van der Waals surface area contributed by atoms with Gasteiger partial charge in [-0.05, 0) is 53.4 Å². The van der Waals surface area contributed by atoms with Crippen LogP contribution in [-0.2, 0) is 6.42 Å². The Morgan fingerprint density at radius 1 is 0.724 bits per heavy atom. The average Bonchev–Trinajstić information content (AvgIpc) is 3.11. The first-order valence-corrected chi connectivity index (χ1v) is 12.8. The van der Waals surface area contributed by atoms with Crippen molar-refractivity contribution in [1.29, 1.82) is 0 Å². The van der Waals surface area contributed by atoms with Crippen molar-refractivity contribution in [2.75, 3.05) is 0 Å². The van der Waals surface area contributed by atoms with Crippen molar-refractivity contribution < 1.29 is 0 Å². The lowest BCUT2D eigenvalue weighted by Crippen LogP contribution is -2.21. The molecule has 0 saturated heterocycles. The molecule has 0 bridgehead atoms. The minimum absolute atomic E-state index is 0.422. The summed E-state index contributed by atoms with van der Waals surface area (Å²) in [5, 5.41) is 0. The van der Waals surface area contributed by atoms with Gasteiger partial charge in [0.25, 0.3) is 0 Å². The Morgan fingerprint density at radius 3 is 1.97 bits per heavy atom. The topological polar surface area (TPSA) is 0 Å². The molecular weight excluding hydrogens is 348 g/mol. The number of hydrogen-bond donors (Lipinski definition) is 0. The molecule has 1 aromatic carbocycles. The maximum atomic E-state index is 2.65. The fourth-order valence-corrected chi connectivity index (χ4v) is 5.49. The number of allylic oxidation sites excluding steroid dienone is 4. The molecule has 0 atom stereocenters. The van der Waals surface area contributed by atoms with Crippen LogP contribution >= 0.6 is 0 Å². The first-order chi connectivity index (χ1) is 14.3. The quantitative estimate of drug-likeness (QED) is 0.276. The van der Waals surface area contributed by atoms with Gasteiger partial charge in [-0.25, -0.2) is 0 Å². The highest BCUT2D eigenvalue weighted by molar-refractivity contribution is 5.80. The molecule has 0 nitrogen and oxygen atoms in total. The standard InChI is InChI=1S/C29H44/c1-3-5-7-9-11-15-20-29(21-16-12-10-8-6-4-2)22-19-26-23-25-17-13-14-18-27(25)28(26)24-29/h13-14,17-19,22H,3-12,15-16,20-21,23-24H2,1-2H3. The third-order valence-corrected chi connectivity index (χ3v) is 7.33. The average molecular weight is 393 g/mol. The monoisotopic (exact) mass is 392 g/mol. The Kier molecular flexibility index (Phi) is 9.09. The summed E-state index contributed by atoms with van der Waals surface area (Å²) < 4.78 is 0. The number of unbranched alkanes of at least 4 members (excludes halogenated alkanes) is 10. The van der Waals surface area contributed by atoms with Crippen LogP contribution in [0.25, 0.3) is 5.57 Å². The lowest BCUT2D eigenvalue weighted by atomic mass is 9.69. The maximum absolute atomic E-state index is 2.65. The largest absolute Gasteiger partial charge is 0.0777 e. The minimum atomic E-state index is 0.422. The second kappa shape index (κ2) is 11.8. The Bertz CT molecular complexity index is 659. The molecule has 0 fully saturated rings. The van der Waals surface area contributed by atoms with Crippen LogP contribution in [0.1, 0.15) is 121 Å². The van der Waals surface area contributed by atoms with Crippen LogP contribution in [0.4, 0.5) is 0 Å². The first-order valence-electron chi connectivity index (χ1n) is 12.8. The second-order valence-electron chi connectivity index (χ2n) is 9.75. The maximum Gasteiger partial charge on any atom is -0.00169 e. The van der Waals surface area contributed by atoms with Crippen LogP contribution in [0.3, 0.4) is 0 Å². The molecule has 29 heavy (non-hydrogen) atoms. The Balaban J connectivity index is 1.59. The molecule has 0 heterocycles. The number of fused-ring (bicyclic) bond motifs is 2. The minimum Gasteiger partial charge on any atom is -0.0777 e. The first kappa shape index (κ1) is 22.4. The van der Waals surface area contributed by atoms with E-state index in [2.05, 4.69) is 50.3 Å². The number of hydrogen-bond acceptors (Lipinski definition) is 0. The van der Waals surface area contributed by atoms with E-state index in [0.29, 0.717) is 5.41 Å². The van der Waals surface area contributed by atoms with Crippen LogP contribution < -0.4 is 0 Å². The third kappa shape index (κ3) is 6.34. The molecule has 0 unspecified atom stereocenters. The van der Waals surface area contributed by atoms with Crippen LogP contribution in [0.5, 0.6) is 0 Å². The Labute approximate surface area is 180 Å². The predicted octanol–water partition coefficient (Wildman–Crippen LogP) is 9.44. The fourth-order valence-electron chi connectivity index (χ4n) is 5.49. The van der Waals surface area contributed by atoms with E-state index in [1.54, 1.807) is 22.3 Å². The molecule has 2 aliphatic rings. The van der Waals surface area contributed by atoms with E-state index in [-0.39, 0.29) is 0 Å². The van der Waals surface area contributed by atoms with Gasteiger partial charge in [0.2, 0.25) is 0 Å². The zero-order valence-electron chi connectivity index (χ0n) is 19.3. The predicted molar refractivity (Wildman–Crippen MR) is 129 cm³/mol. The van der Waals surface area contributed by atoms with Gasteiger partial charge in [-0.3, -0.25) is 0 Å². The third-order valence-electron chi connectivity index (χ3n) is 7.33. The lowest BCUT2D eigenvalue weighted by Gasteiger charge is -2.35. The van der Waals surface area contributed by atoms with Gasteiger partial charge in [0.1, 0.15) is 0 Å². The van der Waals surface area contributed by atoms with Crippen molar-refractivity contribution in [2.24, 2.45) is 5.41 Å². The summed E-state index contributed by atoms with van der Waals surface area (Å²) in [5.74, 6) is 0. The van der Waals surface area contributed by atoms with E-state index in [0.717, 1.165) is 6.42 Å². The second-order valence-corrected chi connectivity index (χ2v) is 9.75. The van der Waals surface area contributed by atoms with Gasteiger partial charge in [0, 0.05) is 0 Å². The smallest absolute Gasteiger partial charge is 0.00169 e. The summed E-state index contributed by atoms with van der Waals surface area (Å²) >= 11 is 0. The van der Waals surface area contributed by atoms with Gasteiger partial charge in [-0.15, -0.1) is 0 Å². The van der Waals surface area contributed by atoms with Crippen LogP contribution in [-0.4, -0.2) is 0 Å². The normalized spacial score (nSPS) is 16.9. The van der Waals surface area contributed by atoms with Crippen molar-refractivity contribution in [3.05, 3.63) is 53.1 Å². The molecule has 0 saturated carbocycles. The van der Waals surface area contributed by atoms with Gasteiger partial charge >= 0.3 is 0 Å². The van der Waals surface area contributed by atoms with Crippen molar-refractivity contribution in [3.63, 3.8) is 0 Å². The Hall–Kier alpha value is -1.30. The molecule has 160 valence electrons. The van der Waals surface area contributed by atoms with Crippen LogP contribution in [0, 0.1) is 5.41 Å². The molecule has 0 radical (unpaired) electrons. The summed E-state index contributed by atoms with van der Waals surface area (Å²) in [6.07, 6.45) is 27.3. The van der Waals surface area contributed by atoms with E-state index >= 15 is 0 Å². The summed E-state index contributed by atoms with van der Waals surface area (Å²) in [4.78, 5) is 0. The van der Waals surface area contributed by atoms with Crippen LogP contribution in [0.15, 0.2) is 42.0 Å². The van der Waals surface area contributed by atoms with Gasteiger partial charge in [0.15, 0.2) is 0 Å². The van der Waals surface area contributed by atoms with E-state index in [4.69, 9.17) is 0 Å². The van der Waals surface area contributed by atoms with Gasteiger partial charge in [-0.2, -0.15) is 0 Å². The van der Waals surface area contributed by atoms with Gasteiger partial charge in [-0.1, -0.05) is 127 Å². The van der Waals surface area contributed by atoms with Gasteiger partial charge < -0.3 is 0 Å². The highest BCUT2D eigenvalue weighted by Gasteiger charge is 2.34. The van der Waals surface area contributed by atoms with Gasteiger partial charge in [0.05, 0.1) is 0 Å². The molecule has 3 rings (SSSR count). The summed E-state index contributed by atoms with van der Waals surface area (Å²) in [5.41, 5.74) is 6.82. The number of rotatable bonds is 14. The van der Waals surface area contributed by atoms with Crippen LogP contribution in [0.2, 0.25) is 0 Å². The molecule has 0 heteroatoms. The zero-order chi connectivity index (χ0) is 20.4. The highest BCUT2D eigenvalue weighted by Crippen LogP contribution is 2.49. The van der Waals surface area contributed by atoms with E-state index in [9.17, 15) is 0 Å². The van der Waals surface area contributed by atoms with Crippen molar-refractivity contribution in [1.82, 2.24) is 0 Å². The molecular formula is C29H44. The zero-order valence-corrected chi connectivity index (χ0v) is 19.3. The van der Waals surface area contributed by atoms with E-state index < -0.39 is 0 Å². The fraction of sp³-hybridized carbons (Fsp3) is 0.655. The molecule has 0 aliphatic heterocycles. The number of benzene rings is 1. The van der Waals surface area contributed by atoms with Crippen molar-refractivity contribution in [3.8, 4) is 0 Å². The summed E-state index contributed by atoms with van der Waals surface area (Å²) in [6, 6.07) is 9.15. The molecule has 0 aromatic heterocycles. The SMILES string of the molecule is CCCCCCCCC1(CCCCCCCC)C=CC2=C(C1)c1ccccc1C2.